The van der Waals surface area contributed by atoms with Gasteiger partial charge >= 0.3 is 0 Å². The predicted octanol–water partition coefficient (Wildman–Crippen LogP) is 3.71. The van der Waals surface area contributed by atoms with E-state index in [0.29, 0.717) is 6.04 Å². The summed E-state index contributed by atoms with van der Waals surface area (Å²) < 4.78 is 18.8. The van der Waals surface area contributed by atoms with Crippen LogP contribution in [0.2, 0.25) is 0 Å². The summed E-state index contributed by atoms with van der Waals surface area (Å²) in [5, 5.41) is 3.11. The van der Waals surface area contributed by atoms with Gasteiger partial charge in [0.25, 0.3) is 0 Å². The SMILES string of the molecule is COc1ccc(F)cc1C(=O)c1cnc(Nc2ccc(N3CCN(C(C)C)CC3)cc2)nc1N. The molecule has 9 heteroatoms. The number of nitrogens with one attached hydrogen (secondary N) is 1. The Labute approximate surface area is 198 Å². The van der Waals surface area contributed by atoms with Gasteiger partial charge in [-0.1, -0.05) is 0 Å². The standard InChI is InChI=1S/C25H29FN6O2/c1-16(2)31-10-12-32(13-11-31)19-7-5-18(6-8-19)29-25-28-15-21(24(27)30-25)23(33)20-14-17(26)4-9-22(20)34-3/h4-9,14-16H,10-13H2,1-3H3,(H3,27,28,29,30). The Morgan fingerprint density at radius 3 is 2.41 bits per heavy atom. The number of anilines is 4. The summed E-state index contributed by atoms with van der Waals surface area (Å²) in [5.41, 5.74) is 8.14. The lowest BCUT2D eigenvalue weighted by Gasteiger charge is -2.38. The molecule has 1 aliphatic heterocycles. The fourth-order valence-corrected chi connectivity index (χ4v) is 4.01. The first kappa shape index (κ1) is 23.4. The Hall–Kier alpha value is -3.72. The molecule has 4 rings (SSSR count). The number of aromatic nitrogens is 2. The third-order valence-electron chi connectivity index (χ3n) is 6.00. The zero-order valence-corrected chi connectivity index (χ0v) is 19.6. The Bertz CT molecular complexity index is 1160. The first-order chi connectivity index (χ1) is 16.4. The molecule has 0 aliphatic carbocycles. The van der Waals surface area contributed by atoms with E-state index in [1.807, 2.05) is 12.1 Å². The van der Waals surface area contributed by atoms with Crippen LogP contribution in [0.15, 0.2) is 48.7 Å². The van der Waals surface area contributed by atoms with E-state index in [0.717, 1.165) is 37.9 Å². The van der Waals surface area contributed by atoms with Gasteiger partial charge in [-0.2, -0.15) is 4.98 Å². The van der Waals surface area contributed by atoms with Crippen molar-refractivity contribution in [3.05, 3.63) is 65.6 Å². The first-order valence-corrected chi connectivity index (χ1v) is 11.2. The smallest absolute Gasteiger partial charge is 0.229 e. The number of nitrogens with two attached hydrogens (primary N) is 1. The topological polar surface area (TPSA) is 96.6 Å². The van der Waals surface area contributed by atoms with Crippen LogP contribution < -0.4 is 20.7 Å². The summed E-state index contributed by atoms with van der Waals surface area (Å²) >= 11 is 0. The summed E-state index contributed by atoms with van der Waals surface area (Å²) in [6.45, 7) is 8.55. The first-order valence-electron chi connectivity index (χ1n) is 11.2. The van der Waals surface area contributed by atoms with Crippen molar-refractivity contribution < 1.29 is 13.9 Å². The average Bonchev–Trinajstić information content (AvgIpc) is 2.84. The van der Waals surface area contributed by atoms with Crippen molar-refractivity contribution in [3.8, 4) is 5.75 Å². The highest BCUT2D eigenvalue weighted by Gasteiger charge is 2.21. The summed E-state index contributed by atoms with van der Waals surface area (Å²) in [4.78, 5) is 26.2. The molecular weight excluding hydrogens is 435 g/mol. The molecule has 1 saturated heterocycles. The van der Waals surface area contributed by atoms with E-state index in [2.05, 4.69) is 51.1 Å². The number of benzene rings is 2. The second-order valence-corrected chi connectivity index (χ2v) is 8.45. The largest absolute Gasteiger partial charge is 0.496 e. The summed E-state index contributed by atoms with van der Waals surface area (Å²) in [6, 6.07) is 12.3. The number of piperazine rings is 1. The molecular formula is C25H29FN6O2. The Morgan fingerprint density at radius 1 is 1.09 bits per heavy atom. The monoisotopic (exact) mass is 464 g/mol. The van der Waals surface area contributed by atoms with Crippen LogP contribution in [0.4, 0.5) is 27.5 Å². The van der Waals surface area contributed by atoms with Gasteiger partial charge in [0.1, 0.15) is 17.4 Å². The molecule has 3 aromatic rings. The number of hydrogen-bond acceptors (Lipinski definition) is 8. The molecule has 0 radical (unpaired) electrons. The van der Waals surface area contributed by atoms with Crippen LogP contribution in [0.25, 0.3) is 0 Å². The van der Waals surface area contributed by atoms with Crippen molar-refractivity contribution >= 4 is 28.9 Å². The van der Waals surface area contributed by atoms with Crippen molar-refractivity contribution in [1.29, 1.82) is 0 Å². The molecule has 1 aromatic heterocycles. The molecule has 3 N–H and O–H groups in total. The minimum atomic E-state index is -0.549. The molecule has 1 fully saturated rings. The van der Waals surface area contributed by atoms with E-state index < -0.39 is 11.6 Å². The van der Waals surface area contributed by atoms with Crippen LogP contribution in [-0.2, 0) is 0 Å². The molecule has 0 amide bonds. The number of hydrogen-bond donors (Lipinski definition) is 2. The number of methoxy groups -OCH3 is 1. The minimum Gasteiger partial charge on any atom is -0.496 e. The van der Waals surface area contributed by atoms with E-state index in [4.69, 9.17) is 10.5 Å². The highest BCUT2D eigenvalue weighted by molar-refractivity contribution is 6.13. The molecule has 0 unspecified atom stereocenters. The van der Waals surface area contributed by atoms with Crippen molar-refractivity contribution in [2.24, 2.45) is 0 Å². The number of nitrogen functional groups attached to an aromatic ring is 1. The Kier molecular flexibility index (Phi) is 6.93. The predicted molar refractivity (Wildman–Crippen MR) is 131 cm³/mol. The van der Waals surface area contributed by atoms with Crippen LogP contribution in [0, 0.1) is 5.82 Å². The lowest BCUT2D eigenvalue weighted by Crippen LogP contribution is -2.48. The molecule has 178 valence electrons. The zero-order chi connectivity index (χ0) is 24.2. The number of carbonyl (C=O) groups excluding carboxylic acids is 1. The Morgan fingerprint density at radius 2 is 1.79 bits per heavy atom. The third-order valence-corrected chi connectivity index (χ3v) is 6.00. The van der Waals surface area contributed by atoms with E-state index in [9.17, 15) is 9.18 Å². The van der Waals surface area contributed by atoms with Crippen LogP contribution in [0.3, 0.4) is 0 Å². The molecule has 0 spiro atoms. The molecule has 0 bridgehead atoms. The van der Waals surface area contributed by atoms with Crippen molar-refractivity contribution in [1.82, 2.24) is 14.9 Å². The maximum Gasteiger partial charge on any atom is 0.229 e. The van der Waals surface area contributed by atoms with Crippen molar-refractivity contribution in [2.75, 3.05) is 49.2 Å². The molecule has 2 aromatic carbocycles. The van der Waals surface area contributed by atoms with E-state index in [1.54, 1.807) is 0 Å². The number of ether oxygens (including phenoxy) is 1. The van der Waals surface area contributed by atoms with Crippen LogP contribution >= 0.6 is 0 Å². The Balaban J connectivity index is 1.44. The molecule has 2 heterocycles. The van der Waals surface area contributed by atoms with E-state index >= 15 is 0 Å². The quantitative estimate of drug-likeness (QED) is 0.511. The maximum absolute atomic E-state index is 13.7. The van der Waals surface area contributed by atoms with Gasteiger partial charge in [-0.25, -0.2) is 9.37 Å². The highest BCUT2D eigenvalue weighted by Crippen LogP contribution is 2.26. The fourth-order valence-electron chi connectivity index (χ4n) is 4.01. The maximum atomic E-state index is 13.7. The number of rotatable bonds is 7. The van der Waals surface area contributed by atoms with Crippen LogP contribution in [0.1, 0.15) is 29.8 Å². The van der Waals surface area contributed by atoms with Crippen LogP contribution in [0.5, 0.6) is 5.75 Å². The molecule has 0 saturated carbocycles. The zero-order valence-electron chi connectivity index (χ0n) is 19.6. The molecule has 8 nitrogen and oxygen atoms in total. The van der Waals surface area contributed by atoms with E-state index in [1.165, 1.54) is 31.1 Å². The van der Waals surface area contributed by atoms with Crippen molar-refractivity contribution in [2.45, 2.75) is 19.9 Å². The second kappa shape index (κ2) is 10.0. The third kappa shape index (κ3) is 5.09. The lowest BCUT2D eigenvalue weighted by atomic mass is 10.0. The van der Waals surface area contributed by atoms with Gasteiger partial charge in [-0.3, -0.25) is 9.69 Å². The summed E-state index contributed by atoms with van der Waals surface area (Å²) in [7, 11) is 1.41. The van der Waals surface area contributed by atoms with Gasteiger partial charge in [0, 0.05) is 49.8 Å². The lowest BCUT2D eigenvalue weighted by molar-refractivity contribution is 0.103. The molecule has 1 aliphatic rings. The summed E-state index contributed by atoms with van der Waals surface area (Å²) in [6.07, 6.45) is 1.33. The summed E-state index contributed by atoms with van der Waals surface area (Å²) in [5.74, 6) is -0.555. The number of nitrogens with zero attached hydrogens (tertiary/aromatic N) is 4. The average molecular weight is 465 g/mol. The number of carbonyl (C=O) groups is 1. The number of halogens is 1. The molecule has 34 heavy (non-hydrogen) atoms. The van der Waals surface area contributed by atoms with Gasteiger partial charge in [0.05, 0.1) is 18.2 Å². The van der Waals surface area contributed by atoms with Gasteiger partial charge < -0.3 is 20.7 Å². The second-order valence-electron chi connectivity index (χ2n) is 8.45. The van der Waals surface area contributed by atoms with Gasteiger partial charge in [-0.15, -0.1) is 0 Å². The van der Waals surface area contributed by atoms with Gasteiger partial charge in [-0.05, 0) is 56.3 Å². The normalized spacial score (nSPS) is 14.3. The van der Waals surface area contributed by atoms with Crippen molar-refractivity contribution in [3.63, 3.8) is 0 Å². The van der Waals surface area contributed by atoms with E-state index in [-0.39, 0.29) is 28.6 Å². The van der Waals surface area contributed by atoms with Crippen LogP contribution in [-0.4, -0.2) is 60.0 Å². The minimum absolute atomic E-state index is 0.00606. The highest BCUT2D eigenvalue weighted by atomic mass is 19.1. The molecule has 0 atom stereocenters. The number of ketones is 1. The van der Waals surface area contributed by atoms with Gasteiger partial charge in [0.2, 0.25) is 11.7 Å². The van der Waals surface area contributed by atoms with Gasteiger partial charge in [0.15, 0.2) is 0 Å². The fraction of sp³-hybridized carbons (Fsp3) is 0.320.